The van der Waals surface area contributed by atoms with Crippen LogP contribution in [-0.4, -0.2) is 43.2 Å². The van der Waals surface area contributed by atoms with Gasteiger partial charge in [-0.15, -0.1) is 0 Å². The molecule has 1 N–H and O–H groups in total. The summed E-state index contributed by atoms with van der Waals surface area (Å²) in [5.41, 5.74) is 5.17. The van der Waals surface area contributed by atoms with E-state index < -0.39 is 0 Å². The first kappa shape index (κ1) is 22.6. The number of amides is 1. The van der Waals surface area contributed by atoms with Gasteiger partial charge in [0.25, 0.3) is 5.91 Å². The lowest BCUT2D eigenvalue weighted by molar-refractivity contribution is -0.123. The van der Waals surface area contributed by atoms with Crippen molar-refractivity contribution >= 4 is 5.91 Å². The van der Waals surface area contributed by atoms with Gasteiger partial charge in [-0.05, 0) is 53.6 Å². The Labute approximate surface area is 201 Å². The summed E-state index contributed by atoms with van der Waals surface area (Å²) >= 11 is 0. The fourth-order valence-corrected chi connectivity index (χ4v) is 4.98. The molecule has 3 aromatic carbocycles. The zero-order chi connectivity index (χ0) is 23.2. The fourth-order valence-electron chi connectivity index (χ4n) is 4.98. The third-order valence-corrected chi connectivity index (χ3v) is 6.71. The summed E-state index contributed by atoms with van der Waals surface area (Å²) in [6.07, 6.45) is 3.20. The van der Waals surface area contributed by atoms with Crippen LogP contribution in [0.15, 0.2) is 78.9 Å². The van der Waals surface area contributed by atoms with E-state index in [0.29, 0.717) is 6.54 Å². The molecule has 0 bridgehead atoms. The van der Waals surface area contributed by atoms with E-state index in [2.05, 4.69) is 83.0 Å². The Bertz CT molecular complexity index is 1080. The van der Waals surface area contributed by atoms with Crippen molar-refractivity contribution in [1.82, 2.24) is 10.2 Å². The van der Waals surface area contributed by atoms with Crippen molar-refractivity contribution in [3.05, 3.63) is 101 Å². The molecule has 0 spiro atoms. The van der Waals surface area contributed by atoms with Gasteiger partial charge in [-0.1, -0.05) is 66.7 Å². The lowest BCUT2D eigenvalue weighted by atomic mass is 9.87. The number of carbonyl (C=O) groups excluding carboxylic acids is 1. The lowest BCUT2D eigenvalue weighted by Crippen LogP contribution is -2.36. The molecule has 1 saturated heterocycles. The molecular formula is C29H32N2O3. The molecule has 0 radical (unpaired) electrons. The fraction of sp³-hybridized carbons (Fsp3) is 0.345. The summed E-state index contributed by atoms with van der Waals surface area (Å²) in [5, 5.41) is 2.93. The predicted octanol–water partition coefficient (Wildman–Crippen LogP) is 4.51. The minimum Gasteiger partial charge on any atom is -0.484 e. The monoisotopic (exact) mass is 456 g/mol. The molecule has 0 aromatic heterocycles. The maximum Gasteiger partial charge on any atom is 0.258 e. The summed E-state index contributed by atoms with van der Waals surface area (Å²) in [4.78, 5) is 14.8. The third kappa shape index (κ3) is 5.49. The van der Waals surface area contributed by atoms with Crippen molar-refractivity contribution in [3.63, 3.8) is 0 Å². The van der Waals surface area contributed by atoms with Crippen LogP contribution in [-0.2, 0) is 22.5 Å². The highest BCUT2D eigenvalue weighted by atomic mass is 16.5. The summed E-state index contributed by atoms with van der Waals surface area (Å²) in [7, 11) is 0. The summed E-state index contributed by atoms with van der Waals surface area (Å²) in [6.45, 7) is 3.23. The van der Waals surface area contributed by atoms with Gasteiger partial charge in [0, 0.05) is 26.2 Å². The van der Waals surface area contributed by atoms with E-state index in [1.54, 1.807) is 0 Å². The molecule has 2 aliphatic rings. The number of ether oxygens (including phenoxy) is 2. The Morgan fingerprint density at radius 1 is 1.03 bits per heavy atom. The molecule has 34 heavy (non-hydrogen) atoms. The van der Waals surface area contributed by atoms with Crippen LogP contribution in [0, 0.1) is 0 Å². The Kier molecular flexibility index (Phi) is 7.22. The molecule has 5 rings (SSSR count). The van der Waals surface area contributed by atoms with Gasteiger partial charge in [0.1, 0.15) is 5.75 Å². The largest absolute Gasteiger partial charge is 0.484 e. The number of benzene rings is 3. The van der Waals surface area contributed by atoms with Gasteiger partial charge < -0.3 is 14.8 Å². The van der Waals surface area contributed by atoms with Gasteiger partial charge in [0.15, 0.2) is 6.61 Å². The maximum absolute atomic E-state index is 12.3. The first-order valence-corrected chi connectivity index (χ1v) is 12.2. The van der Waals surface area contributed by atoms with Crippen molar-refractivity contribution in [2.75, 3.05) is 26.3 Å². The minimum absolute atomic E-state index is 0.00917. The molecule has 176 valence electrons. The van der Waals surface area contributed by atoms with Gasteiger partial charge in [0.05, 0.1) is 12.1 Å². The van der Waals surface area contributed by atoms with E-state index in [-0.39, 0.29) is 24.7 Å². The zero-order valence-electron chi connectivity index (χ0n) is 19.5. The Hall–Kier alpha value is -3.15. The Morgan fingerprint density at radius 2 is 1.82 bits per heavy atom. The van der Waals surface area contributed by atoms with Crippen LogP contribution < -0.4 is 10.1 Å². The average Bonchev–Trinajstić information content (AvgIpc) is 3.41. The van der Waals surface area contributed by atoms with Gasteiger partial charge >= 0.3 is 0 Å². The van der Waals surface area contributed by atoms with Crippen LogP contribution in [0.5, 0.6) is 5.75 Å². The molecule has 2 aliphatic heterocycles. The van der Waals surface area contributed by atoms with Crippen LogP contribution in [0.4, 0.5) is 0 Å². The zero-order valence-corrected chi connectivity index (χ0v) is 19.5. The SMILES string of the molecule is O=C(COc1ccc2c(c1)[C@H](c1ccccc1)N(Cc1ccccc1)CC2)NC[C@H]1CCCO1. The molecule has 5 heteroatoms. The van der Waals surface area contributed by atoms with Crippen LogP contribution in [0.3, 0.4) is 0 Å². The van der Waals surface area contributed by atoms with E-state index in [0.717, 1.165) is 44.7 Å². The molecular weight excluding hydrogens is 424 g/mol. The van der Waals surface area contributed by atoms with E-state index in [1.807, 2.05) is 6.07 Å². The van der Waals surface area contributed by atoms with E-state index in [4.69, 9.17) is 9.47 Å². The van der Waals surface area contributed by atoms with Crippen molar-refractivity contribution < 1.29 is 14.3 Å². The molecule has 1 fully saturated rings. The number of nitrogens with one attached hydrogen (secondary N) is 1. The molecule has 5 nitrogen and oxygen atoms in total. The summed E-state index contributed by atoms with van der Waals surface area (Å²) < 4.78 is 11.5. The van der Waals surface area contributed by atoms with Gasteiger partial charge in [-0.3, -0.25) is 9.69 Å². The number of hydrogen-bond acceptors (Lipinski definition) is 4. The highest BCUT2D eigenvalue weighted by Crippen LogP contribution is 2.37. The van der Waals surface area contributed by atoms with Crippen molar-refractivity contribution in [3.8, 4) is 5.75 Å². The quantitative estimate of drug-likeness (QED) is 0.542. The van der Waals surface area contributed by atoms with Crippen LogP contribution >= 0.6 is 0 Å². The van der Waals surface area contributed by atoms with E-state index in [9.17, 15) is 4.79 Å². The van der Waals surface area contributed by atoms with Crippen LogP contribution in [0.2, 0.25) is 0 Å². The standard InChI is InChI=1S/C29H32N2O3/c32-28(30-19-26-12-7-17-33-26)21-34-25-14-13-23-15-16-31(20-22-8-3-1-4-9-22)29(27(23)18-25)24-10-5-2-6-11-24/h1-6,8-11,13-14,18,26,29H,7,12,15-17,19-21H2,(H,30,32)/t26-,29+/m1/s1. The molecule has 2 heterocycles. The van der Waals surface area contributed by atoms with Crippen molar-refractivity contribution in [2.45, 2.75) is 38.0 Å². The topological polar surface area (TPSA) is 50.8 Å². The van der Waals surface area contributed by atoms with Crippen LogP contribution in [0.25, 0.3) is 0 Å². The van der Waals surface area contributed by atoms with Gasteiger partial charge in [-0.2, -0.15) is 0 Å². The number of hydrogen-bond donors (Lipinski definition) is 1. The molecule has 3 aromatic rings. The summed E-state index contributed by atoms with van der Waals surface area (Å²) in [5.74, 6) is 0.618. The number of carbonyl (C=O) groups is 1. The first-order chi connectivity index (χ1) is 16.8. The molecule has 0 unspecified atom stereocenters. The highest BCUT2D eigenvalue weighted by molar-refractivity contribution is 5.77. The highest BCUT2D eigenvalue weighted by Gasteiger charge is 2.29. The van der Waals surface area contributed by atoms with E-state index >= 15 is 0 Å². The van der Waals surface area contributed by atoms with Crippen LogP contribution in [0.1, 0.15) is 41.1 Å². The van der Waals surface area contributed by atoms with E-state index in [1.165, 1.54) is 22.3 Å². The van der Waals surface area contributed by atoms with Gasteiger partial charge in [-0.25, -0.2) is 0 Å². The second kappa shape index (κ2) is 10.9. The Balaban J connectivity index is 1.32. The second-order valence-electron chi connectivity index (χ2n) is 9.11. The first-order valence-electron chi connectivity index (χ1n) is 12.2. The average molecular weight is 457 g/mol. The lowest BCUT2D eigenvalue weighted by Gasteiger charge is -2.38. The second-order valence-corrected chi connectivity index (χ2v) is 9.11. The predicted molar refractivity (Wildman–Crippen MR) is 133 cm³/mol. The van der Waals surface area contributed by atoms with Gasteiger partial charge in [0.2, 0.25) is 0 Å². The summed E-state index contributed by atoms with van der Waals surface area (Å²) in [6, 6.07) is 27.7. The Morgan fingerprint density at radius 3 is 2.59 bits per heavy atom. The molecule has 0 saturated carbocycles. The smallest absolute Gasteiger partial charge is 0.258 e. The maximum atomic E-state index is 12.3. The van der Waals surface area contributed by atoms with Crippen molar-refractivity contribution in [2.24, 2.45) is 0 Å². The number of fused-ring (bicyclic) bond motifs is 1. The normalized spacial score (nSPS) is 20.0. The van der Waals surface area contributed by atoms with Crippen molar-refractivity contribution in [1.29, 1.82) is 0 Å². The molecule has 0 aliphatic carbocycles. The third-order valence-electron chi connectivity index (χ3n) is 6.71. The molecule has 2 atom stereocenters. The molecule has 1 amide bonds. The number of rotatable bonds is 8. The minimum atomic E-state index is -0.112. The number of nitrogens with zero attached hydrogens (tertiary/aromatic N) is 1.